The summed E-state index contributed by atoms with van der Waals surface area (Å²) in [5, 5.41) is 7.90. The first-order valence-corrected chi connectivity index (χ1v) is 7.12. The van der Waals surface area contributed by atoms with E-state index in [9.17, 15) is 0 Å². The molecule has 2 rings (SSSR count). The maximum Gasteiger partial charge on any atom is 0.0297 e. The minimum absolute atomic E-state index is 0.408. The summed E-state index contributed by atoms with van der Waals surface area (Å²) in [5.74, 6) is 0. The summed E-state index contributed by atoms with van der Waals surface area (Å²) < 4.78 is 0. The van der Waals surface area contributed by atoms with Crippen LogP contribution in [0.5, 0.6) is 0 Å². The maximum atomic E-state index is 3.55. The van der Waals surface area contributed by atoms with E-state index in [0.717, 1.165) is 6.54 Å². The lowest BCUT2D eigenvalue weighted by Gasteiger charge is -2.17. The van der Waals surface area contributed by atoms with Crippen LogP contribution < -0.4 is 5.32 Å². The van der Waals surface area contributed by atoms with E-state index in [2.05, 4.69) is 60.3 Å². The molecule has 17 heavy (non-hydrogen) atoms. The molecule has 1 nitrogen and oxygen atoms in total. The monoisotopic (exact) mass is 245 g/mol. The standard InChI is InChI=1S/C15H19NS/c1-3-9-16-12(2)14-6-4-5-7-15(14)13-8-10-17-11-13/h4-8,10-12,16H,3,9H2,1-2H3. The molecule has 0 saturated heterocycles. The molecule has 0 aliphatic rings. The van der Waals surface area contributed by atoms with E-state index in [1.54, 1.807) is 11.3 Å². The van der Waals surface area contributed by atoms with Crippen molar-refractivity contribution < 1.29 is 0 Å². The van der Waals surface area contributed by atoms with Gasteiger partial charge in [0.25, 0.3) is 0 Å². The van der Waals surface area contributed by atoms with Crippen LogP contribution in [-0.4, -0.2) is 6.54 Å². The zero-order chi connectivity index (χ0) is 12.1. The molecule has 0 fully saturated rings. The molecule has 0 radical (unpaired) electrons. The largest absolute Gasteiger partial charge is 0.310 e. The van der Waals surface area contributed by atoms with Crippen molar-refractivity contribution in [2.24, 2.45) is 0 Å². The smallest absolute Gasteiger partial charge is 0.0297 e. The molecule has 1 atom stereocenters. The molecule has 2 aromatic rings. The van der Waals surface area contributed by atoms with Gasteiger partial charge in [0.05, 0.1) is 0 Å². The average Bonchev–Trinajstić information content (AvgIpc) is 2.89. The summed E-state index contributed by atoms with van der Waals surface area (Å²) in [4.78, 5) is 0. The topological polar surface area (TPSA) is 12.0 Å². The van der Waals surface area contributed by atoms with Crippen molar-refractivity contribution in [3.05, 3.63) is 46.7 Å². The van der Waals surface area contributed by atoms with Gasteiger partial charge in [0, 0.05) is 6.04 Å². The molecule has 0 saturated carbocycles. The molecule has 90 valence electrons. The van der Waals surface area contributed by atoms with Gasteiger partial charge in [-0.25, -0.2) is 0 Å². The second-order valence-electron chi connectivity index (χ2n) is 4.28. The van der Waals surface area contributed by atoms with Crippen LogP contribution in [0.4, 0.5) is 0 Å². The normalized spacial score (nSPS) is 12.6. The average molecular weight is 245 g/mol. The Morgan fingerprint density at radius 2 is 2.06 bits per heavy atom. The van der Waals surface area contributed by atoms with Crippen molar-refractivity contribution in [2.75, 3.05) is 6.54 Å². The van der Waals surface area contributed by atoms with E-state index < -0.39 is 0 Å². The summed E-state index contributed by atoms with van der Waals surface area (Å²) in [6, 6.07) is 11.3. The lowest BCUT2D eigenvalue weighted by atomic mass is 9.97. The molecule has 0 amide bonds. The van der Waals surface area contributed by atoms with Gasteiger partial charge in [0.15, 0.2) is 0 Å². The van der Waals surface area contributed by atoms with Gasteiger partial charge in [-0.1, -0.05) is 31.2 Å². The lowest BCUT2D eigenvalue weighted by molar-refractivity contribution is 0.572. The number of hydrogen-bond donors (Lipinski definition) is 1. The van der Waals surface area contributed by atoms with E-state index in [1.165, 1.54) is 23.1 Å². The number of thiophene rings is 1. The van der Waals surface area contributed by atoms with Crippen LogP contribution in [0.25, 0.3) is 11.1 Å². The lowest BCUT2D eigenvalue weighted by Crippen LogP contribution is -2.19. The highest BCUT2D eigenvalue weighted by molar-refractivity contribution is 7.08. The Balaban J connectivity index is 2.28. The number of rotatable bonds is 5. The van der Waals surface area contributed by atoms with Crippen LogP contribution in [0.3, 0.4) is 0 Å². The van der Waals surface area contributed by atoms with Crippen molar-refractivity contribution in [1.82, 2.24) is 5.32 Å². The second-order valence-corrected chi connectivity index (χ2v) is 5.06. The van der Waals surface area contributed by atoms with Gasteiger partial charge in [-0.3, -0.25) is 0 Å². The molecule has 0 aliphatic heterocycles. The molecule has 0 aliphatic carbocycles. The molecule has 1 unspecified atom stereocenters. The van der Waals surface area contributed by atoms with E-state index in [-0.39, 0.29) is 0 Å². The van der Waals surface area contributed by atoms with Gasteiger partial charge >= 0.3 is 0 Å². The minimum atomic E-state index is 0.408. The van der Waals surface area contributed by atoms with Crippen LogP contribution >= 0.6 is 11.3 Å². The van der Waals surface area contributed by atoms with Crippen LogP contribution in [0.15, 0.2) is 41.1 Å². The van der Waals surface area contributed by atoms with Crippen molar-refractivity contribution in [1.29, 1.82) is 0 Å². The molecule has 1 aromatic heterocycles. The summed E-state index contributed by atoms with van der Waals surface area (Å²) in [5.41, 5.74) is 4.07. The maximum absolute atomic E-state index is 3.55. The Bertz CT molecular complexity index is 448. The third kappa shape index (κ3) is 2.96. The fraction of sp³-hybridized carbons (Fsp3) is 0.333. The van der Waals surface area contributed by atoms with Crippen molar-refractivity contribution in [3.63, 3.8) is 0 Å². The van der Waals surface area contributed by atoms with Crippen LogP contribution in [0.2, 0.25) is 0 Å². The third-order valence-corrected chi connectivity index (χ3v) is 3.64. The number of hydrogen-bond acceptors (Lipinski definition) is 2. The predicted octanol–water partition coefficient (Wildman–Crippen LogP) is 4.48. The highest BCUT2D eigenvalue weighted by Gasteiger charge is 2.10. The predicted molar refractivity (Wildman–Crippen MR) is 76.5 cm³/mol. The Labute approximate surface area is 108 Å². The first-order chi connectivity index (χ1) is 8.33. The molecule has 0 bridgehead atoms. The van der Waals surface area contributed by atoms with E-state index in [0.29, 0.717) is 6.04 Å². The Kier molecular flexibility index (Phi) is 4.35. The molecular formula is C15H19NS. The molecule has 2 heteroatoms. The highest BCUT2D eigenvalue weighted by Crippen LogP contribution is 2.29. The molecular weight excluding hydrogens is 226 g/mol. The Morgan fingerprint density at radius 3 is 2.76 bits per heavy atom. The second kappa shape index (κ2) is 5.99. The number of benzene rings is 1. The third-order valence-electron chi connectivity index (χ3n) is 2.96. The van der Waals surface area contributed by atoms with Gasteiger partial charge in [0.2, 0.25) is 0 Å². The summed E-state index contributed by atoms with van der Waals surface area (Å²) >= 11 is 1.75. The summed E-state index contributed by atoms with van der Waals surface area (Å²) in [7, 11) is 0. The van der Waals surface area contributed by atoms with Crippen LogP contribution in [0, 0.1) is 0 Å². The minimum Gasteiger partial charge on any atom is -0.310 e. The zero-order valence-corrected chi connectivity index (χ0v) is 11.3. The Morgan fingerprint density at radius 1 is 1.24 bits per heavy atom. The van der Waals surface area contributed by atoms with Crippen LogP contribution in [-0.2, 0) is 0 Å². The molecule has 1 N–H and O–H groups in total. The fourth-order valence-electron chi connectivity index (χ4n) is 2.03. The first-order valence-electron chi connectivity index (χ1n) is 6.17. The van der Waals surface area contributed by atoms with E-state index in [4.69, 9.17) is 0 Å². The summed E-state index contributed by atoms with van der Waals surface area (Å²) in [6.45, 7) is 5.50. The quantitative estimate of drug-likeness (QED) is 0.819. The molecule has 0 spiro atoms. The first kappa shape index (κ1) is 12.3. The Hall–Kier alpha value is -1.12. The highest BCUT2D eigenvalue weighted by atomic mass is 32.1. The zero-order valence-electron chi connectivity index (χ0n) is 10.4. The van der Waals surface area contributed by atoms with Gasteiger partial charge in [0.1, 0.15) is 0 Å². The van der Waals surface area contributed by atoms with E-state index in [1.807, 2.05) is 0 Å². The fourth-order valence-corrected chi connectivity index (χ4v) is 2.68. The van der Waals surface area contributed by atoms with Gasteiger partial charge in [-0.05, 0) is 53.4 Å². The van der Waals surface area contributed by atoms with Crippen molar-refractivity contribution in [3.8, 4) is 11.1 Å². The van der Waals surface area contributed by atoms with Crippen LogP contribution in [0.1, 0.15) is 31.9 Å². The van der Waals surface area contributed by atoms with Crippen molar-refractivity contribution in [2.45, 2.75) is 26.3 Å². The van der Waals surface area contributed by atoms with Gasteiger partial charge in [-0.2, -0.15) is 11.3 Å². The molecule has 1 aromatic carbocycles. The van der Waals surface area contributed by atoms with E-state index >= 15 is 0 Å². The summed E-state index contributed by atoms with van der Waals surface area (Å²) in [6.07, 6.45) is 1.17. The molecule has 1 heterocycles. The van der Waals surface area contributed by atoms with Gasteiger partial charge in [-0.15, -0.1) is 0 Å². The van der Waals surface area contributed by atoms with Crippen molar-refractivity contribution >= 4 is 11.3 Å². The number of nitrogens with one attached hydrogen (secondary N) is 1. The SMILES string of the molecule is CCCNC(C)c1ccccc1-c1ccsc1. The van der Waals surface area contributed by atoms with Gasteiger partial charge < -0.3 is 5.32 Å².